The molecule has 0 radical (unpaired) electrons. The molecule has 4 nitrogen and oxygen atoms in total. The Kier molecular flexibility index (Phi) is 4.62. The van der Waals surface area contributed by atoms with E-state index in [4.69, 9.17) is 0 Å². The van der Waals surface area contributed by atoms with Crippen molar-refractivity contribution < 1.29 is 4.79 Å². The Hall–Kier alpha value is -0.910. The van der Waals surface area contributed by atoms with Crippen molar-refractivity contribution >= 4 is 17.2 Å². The van der Waals surface area contributed by atoms with Crippen LogP contribution >= 0.6 is 11.3 Å². The summed E-state index contributed by atoms with van der Waals surface area (Å²) in [5.41, 5.74) is 0. The Morgan fingerprint density at radius 3 is 2.81 bits per heavy atom. The van der Waals surface area contributed by atoms with Crippen molar-refractivity contribution in [3.63, 3.8) is 0 Å². The largest absolute Gasteiger partial charge is 0.319 e. The zero-order valence-corrected chi connectivity index (χ0v) is 13.7. The average Bonchev–Trinajstić information content (AvgIpc) is 3.12. The number of likely N-dealkylation sites (tertiary alicyclic amines) is 1. The Bertz CT molecular complexity index is 470. The third-order valence-corrected chi connectivity index (χ3v) is 5.59. The number of carbonyl (C=O) groups excluding carboxylic acids is 1. The number of hydrogen-bond acceptors (Lipinski definition) is 4. The van der Waals surface area contributed by atoms with Crippen LogP contribution in [0.5, 0.6) is 0 Å². The highest BCUT2D eigenvalue weighted by Crippen LogP contribution is 2.29. The maximum absolute atomic E-state index is 12.5. The topological polar surface area (TPSA) is 35.6 Å². The van der Waals surface area contributed by atoms with Crippen molar-refractivity contribution in [1.29, 1.82) is 0 Å². The summed E-state index contributed by atoms with van der Waals surface area (Å²) in [6, 6.07) is 4.53. The second-order valence-electron chi connectivity index (χ2n) is 6.24. The van der Waals surface area contributed by atoms with Crippen LogP contribution in [-0.2, 0) is 4.79 Å². The summed E-state index contributed by atoms with van der Waals surface area (Å²) in [6.45, 7) is 7.39. The molecule has 2 fully saturated rings. The third kappa shape index (κ3) is 3.15. The summed E-state index contributed by atoms with van der Waals surface area (Å²) in [5, 5.41) is 5.51. The van der Waals surface area contributed by atoms with Crippen LogP contribution in [0.25, 0.3) is 0 Å². The SMILES string of the molecule is CC1NC(c2cccs2)N(CC(C)N2CCCCC2)C1=O. The molecule has 3 heterocycles. The standard InChI is InChI=1S/C16H25N3OS/c1-12(18-8-4-3-5-9-18)11-19-15(14-7-6-10-21-14)17-13(2)16(19)20/h6-7,10,12-13,15,17H,3-5,8-9,11H2,1-2H3. The predicted octanol–water partition coefficient (Wildman–Crippen LogP) is 2.44. The van der Waals surface area contributed by atoms with Gasteiger partial charge in [0.15, 0.2) is 0 Å². The molecule has 0 aliphatic carbocycles. The molecular weight excluding hydrogens is 282 g/mol. The second kappa shape index (κ2) is 6.46. The van der Waals surface area contributed by atoms with Gasteiger partial charge in [-0.15, -0.1) is 11.3 Å². The highest BCUT2D eigenvalue weighted by atomic mass is 32.1. The number of amides is 1. The van der Waals surface area contributed by atoms with E-state index in [0.29, 0.717) is 6.04 Å². The van der Waals surface area contributed by atoms with Crippen molar-refractivity contribution in [3.8, 4) is 0 Å². The molecule has 3 atom stereocenters. The van der Waals surface area contributed by atoms with Gasteiger partial charge >= 0.3 is 0 Å². The molecule has 1 aromatic heterocycles. The van der Waals surface area contributed by atoms with Gasteiger partial charge in [0.1, 0.15) is 6.17 Å². The molecule has 2 saturated heterocycles. The van der Waals surface area contributed by atoms with E-state index in [0.717, 1.165) is 6.54 Å². The second-order valence-corrected chi connectivity index (χ2v) is 7.22. The summed E-state index contributed by atoms with van der Waals surface area (Å²) in [4.78, 5) is 18.3. The zero-order valence-electron chi connectivity index (χ0n) is 12.9. The number of thiophene rings is 1. The first-order valence-corrected chi connectivity index (χ1v) is 8.89. The summed E-state index contributed by atoms with van der Waals surface area (Å²) < 4.78 is 0. The molecule has 0 saturated carbocycles. The monoisotopic (exact) mass is 307 g/mol. The fourth-order valence-corrected chi connectivity index (χ4v) is 4.21. The van der Waals surface area contributed by atoms with E-state index in [1.807, 2.05) is 11.8 Å². The Labute approximate surface area is 131 Å². The van der Waals surface area contributed by atoms with Gasteiger partial charge in [0.25, 0.3) is 0 Å². The van der Waals surface area contributed by atoms with Gasteiger partial charge in [0.2, 0.25) is 5.91 Å². The smallest absolute Gasteiger partial charge is 0.241 e. The van der Waals surface area contributed by atoms with E-state index in [-0.39, 0.29) is 18.1 Å². The Balaban J connectivity index is 1.70. The van der Waals surface area contributed by atoms with E-state index in [1.54, 1.807) is 11.3 Å². The maximum atomic E-state index is 12.5. The third-order valence-electron chi connectivity index (χ3n) is 4.66. The summed E-state index contributed by atoms with van der Waals surface area (Å²) in [7, 11) is 0. The molecule has 5 heteroatoms. The number of piperidine rings is 1. The number of carbonyl (C=O) groups is 1. The lowest BCUT2D eigenvalue weighted by molar-refractivity contribution is -0.130. The van der Waals surface area contributed by atoms with Crippen LogP contribution in [0, 0.1) is 0 Å². The lowest BCUT2D eigenvalue weighted by atomic mass is 10.1. The van der Waals surface area contributed by atoms with Gasteiger partial charge < -0.3 is 4.90 Å². The van der Waals surface area contributed by atoms with Crippen molar-refractivity contribution in [1.82, 2.24) is 15.1 Å². The fourth-order valence-electron chi connectivity index (χ4n) is 3.41. The number of hydrogen-bond donors (Lipinski definition) is 1. The minimum atomic E-state index is -0.0781. The lowest BCUT2D eigenvalue weighted by Gasteiger charge is -2.35. The molecule has 2 aliphatic rings. The van der Waals surface area contributed by atoms with E-state index in [9.17, 15) is 4.79 Å². The van der Waals surface area contributed by atoms with Gasteiger partial charge in [-0.2, -0.15) is 0 Å². The Morgan fingerprint density at radius 2 is 2.14 bits per heavy atom. The molecule has 0 bridgehead atoms. The molecular formula is C16H25N3OS. The average molecular weight is 307 g/mol. The highest BCUT2D eigenvalue weighted by Gasteiger charge is 2.38. The molecule has 1 aromatic rings. The zero-order chi connectivity index (χ0) is 14.8. The molecule has 3 unspecified atom stereocenters. The minimum Gasteiger partial charge on any atom is -0.319 e. The molecule has 1 N–H and O–H groups in total. The van der Waals surface area contributed by atoms with Crippen LogP contribution in [0.3, 0.4) is 0 Å². The first kappa shape index (κ1) is 15.0. The maximum Gasteiger partial charge on any atom is 0.241 e. The molecule has 116 valence electrons. The van der Waals surface area contributed by atoms with E-state index in [1.165, 1.54) is 37.2 Å². The van der Waals surface area contributed by atoms with Crippen LogP contribution < -0.4 is 5.32 Å². The van der Waals surface area contributed by atoms with Crippen LogP contribution in [0.4, 0.5) is 0 Å². The number of rotatable bonds is 4. The minimum absolute atomic E-state index is 0.0553. The fraction of sp³-hybridized carbons (Fsp3) is 0.688. The van der Waals surface area contributed by atoms with Crippen molar-refractivity contribution in [2.45, 2.75) is 51.4 Å². The quantitative estimate of drug-likeness (QED) is 0.928. The summed E-state index contributed by atoms with van der Waals surface area (Å²) >= 11 is 1.72. The molecule has 0 aromatic carbocycles. The lowest BCUT2D eigenvalue weighted by Crippen LogP contribution is -2.46. The van der Waals surface area contributed by atoms with Gasteiger partial charge in [-0.25, -0.2) is 0 Å². The summed E-state index contributed by atoms with van der Waals surface area (Å²) in [6.07, 6.45) is 3.99. The predicted molar refractivity (Wildman–Crippen MR) is 86.3 cm³/mol. The van der Waals surface area contributed by atoms with Crippen molar-refractivity contribution in [2.24, 2.45) is 0 Å². The van der Waals surface area contributed by atoms with E-state index >= 15 is 0 Å². The van der Waals surface area contributed by atoms with Crippen molar-refractivity contribution in [2.75, 3.05) is 19.6 Å². The van der Waals surface area contributed by atoms with Gasteiger partial charge in [-0.1, -0.05) is 12.5 Å². The van der Waals surface area contributed by atoms with Gasteiger partial charge in [-0.3, -0.25) is 15.0 Å². The Morgan fingerprint density at radius 1 is 1.38 bits per heavy atom. The van der Waals surface area contributed by atoms with Gasteiger partial charge in [0.05, 0.1) is 6.04 Å². The molecule has 2 aliphatic heterocycles. The van der Waals surface area contributed by atoms with Gasteiger partial charge in [-0.05, 0) is 51.2 Å². The molecule has 21 heavy (non-hydrogen) atoms. The van der Waals surface area contributed by atoms with Crippen LogP contribution in [0.15, 0.2) is 17.5 Å². The highest BCUT2D eigenvalue weighted by molar-refractivity contribution is 7.10. The molecule has 1 amide bonds. The molecule has 0 spiro atoms. The number of nitrogens with one attached hydrogen (secondary N) is 1. The summed E-state index contributed by atoms with van der Waals surface area (Å²) in [5.74, 6) is 0.234. The first-order chi connectivity index (χ1) is 10.2. The van der Waals surface area contributed by atoms with Crippen LogP contribution in [0.1, 0.15) is 44.2 Å². The van der Waals surface area contributed by atoms with E-state index < -0.39 is 0 Å². The molecule has 3 rings (SSSR count). The first-order valence-electron chi connectivity index (χ1n) is 8.01. The van der Waals surface area contributed by atoms with Gasteiger partial charge in [0, 0.05) is 17.5 Å². The van der Waals surface area contributed by atoms with Crippen molar-refractivity contribution in [3.05, 3.63) is 22.4 Å². The van der Waals surface area contributed by atoms with Crippen LogP contribution in [-0.4, -0.2) is 47.4 Å². The van der Waals surface area contributed by atoms with E-state index in [2.05, 4.69) is 34.7 Å². The normalized spacial score (nSPS) is 29.0. The van der Waals surface area contributed by atoms with Crippen LogP contribution in [0.2, 0.25) is 0 Å². The number of nitrogens with zero attached hydrogens (tertiary/aromatic N) is 2.